The van der Waals surface area contributed by atoms with E-state index in [1.807, 2.05) is 0 Å². The molecular formula is C76H148O17P2. The Morgan fingerprint density at radius 3 is 0.747 bits per heavy atom. The molecule has 0 bridgehead atoms. The summed E-state index contributed by atoms with van der Waals surface area (Å²) in [6.07, 6.45) is 49.9. The van der Waals surface area contributed by atoms with Crippen molar-refractivity contribution in [3.05, 3.63) is 0 Å². The predicted octanol–water partition coefficient (Wildman–Crippen LogP) is 22.0. The van der Waals surface area contributed by atoms with Gasteiger partial charge in [0.15, 0.2) is 12.2 Å². The number of phosphoric ester groups is 2. The zero-order valence-corrected chi connectivity index (χ0v) is 64.1. The SMILES string of the molecule is CCC(C)CCCCCCCCCCCCC(=O)O[C@H](COC(=O)CCCCCCCCC(C)CC)COP(=O)(O)OC[C@H](O)COP(=O)(O)OC[C@@H](COC(=O)CCCCCCCCCCCCCCCCC(C)C)OC(=O)CCCCCCCCCCCCCC(C)C. The average molecular weight is 1400 g/mol. The quantitative estimate of drug-likeness (QED) is 0.0222. The highest BCUT2D eigenvalue weighted by atomic mass is 31.2. The van der Waals surface area contributed by atoms with E-state index in [9.17, 15) is 43.2 Å². The highest BCUT2D eigenvalue weighted by Gasteiger charge is 2.30. The van der Waals surface area contributed by atoms with Gasteiger partial charge in [0, 0.05) is 25.7 Å². The molecule has 0 aromatic carbocycles. The topological polar surface area (TPSA) is 237 Å². The molecule has 0 aliphatic carbocycles. The molecule has 0 spiro atoms. The summed E-state index contributed by atoms with van der Waals surface area (Å²) in [5.41, 5.74) is 0. The van der Waals surface area contributed by atoms with Gasteiger partial charge in [-0.15, -0.1) is 0 Å². The number of hydrogen-bond acceptors (Lipinski definition) is 15. The van der Waals surface area contributed by atoms with Gasteiger partial charge in [-0.05, 0) is 49.4 Å². The summed E-state index contributed by atoms with van der Waals surface area (Å²) < 4.78 is 68.5. The van der Waals surface area contributed by atoms with E-state index in [0.29, 0.717) is 25.7 Å². The maximum atomic E-state index is 13.1. The van der Waals surface area contributed by atoms with Gasteiger partial charge in [0.25, 0.3) is 0 Å². The molecule has 0 heterocycles. The van der Waals surface area contributed by atoms with E-state index >= 15 is 0 Å². The summed E-state index contributed by atoms with van der Waals surface area (Å²) in [5.74, 6) is 0.977. The molecule has 95 heavy (non-hydrogen) atoms. The zero-order chi connectivity index (χ0) is 70.3. The van der Waals surface area contributed by atoms with Crippen molar-refractivity contribution in [1.82, 2.24) is 0 Å². The second-order valence-corrected chi connectivity index (χ2v) is 31.7. The second kappa shape index (κ2) is 65.4. The van der Waals surface area contributed by atoms with Crippen molar-refractivity contribution < 1.29 is 80.2 Å². The third kappa shape index (κ3) is 67.6. The maximum Gasteiger partial charge on any atom is 0.472 e. The Balaban J connectivity index is 5.26. The van der Waals surface area contributed by atoms with Crippen LogP contribution in [-0.4, -0.2) is 96.7 Å². The molecule has 0 aromatic heterocycles. The molecule has 0 amide bonds. The molecule has 19 heteroatoms. The summed E-state index contributed by atoms with van der Waals surface area (Å²) in [4.78, 5) is 72.8. The summed E-state index contributed by atoms with van der Waals surface area (Å²) in [6, 6.07) is 0. The standard InChI is InChI=1S/C76H148O17P2/c1-9-68(7)54-46-38-30-24-20-21-27-33-43-51-59-76(81)93-72(63-87-74(79)57-49-41-35-34-39-47-55-69(8)10-2)65-91-95(84,85)89-61-70(77)60-88-94(82,83)90-64-71(92-75(80)58-50-42-32-26-19-15-17-23-29-37-45-53-67(5)6)62-86-73(78)56-48-40-31-25-18-14-12-11-13-16-22-28-36-44-52-66(3)4/h66-72,77H,9-65H2,1-8H3,(H,82,83)(H,84,85)/t68?,69?,70-,71-,72-/m1/s1. The lowest BCUT2D eigenvalue weighted by atomic mass is 9.99. The molecule has 0 fully saturated rings. The third-order valence-electron chi connectivity index (χ3n) is 18.3. The molecule has 3 N–H and O–H groups in total. The lowest BCUT2D eigenvalue weighted by Gasteiger charge is -2.21. The number of hydrogen-bond donors (Lipinski definition) is 3. The molecule has 0 aliphatic rings. The minimum atomic E-state index is -4.96. The summed E-state index contributed by atoms with van der Waals surface area (Å²) in [5, 5.41) is 10.6. The molecule has 0 radical (unpaired) electrons. The van der Waals surface area contributed by atoms with Crippen LogP contribution in [0.4, 0.5) is 0 Å². The van der Waals surface area contributed by atoms with Gasteiger partial charge in [-0.25, -0.2) is 9.13 Å². The largest absolute Gasteiger partial charge is 0.472 e. The number of ether oxygens (including phenoxy) is 4. The van der Waals surface area contributed by atoms with Crippen molar-refractivity contribution in [1.29, 1.82) is 0 Å². The number of unbranched alkanes of at least 4 members (excludes halogenated alkanes) is 37. The first-order valence-corrected chi connectivity index (χ1v) is 42.3. The van der Waals surface area contributed by atoms with E-state index in [1.54, 1.807) is 0 Å². The lowest BCUT2D eigenvalue weighted by molar-refractivity contribution is -0.161. The van der Waals surface area contributed by atoms with E-state index in [4.69, 9.17) is 37.0 Å². The van der Waals surface area contributed by atoms with E-state index in [2.05, 4.69) is 55.4 Å². The van der Waals surface area contributed by atoms with Gasteiger partial charge in [0.05, 0.1) is 26.4 Å². The van der Waals surface area contributed by atoms with Crippen LogP contribution in [0, 0.1) is 23.7 Å². The van der Waals surface area contributed by atoms with E-state index in [-0.39, 0.29) is 25.7 Å². The Hall–Kier alpha value is -1.94. The molecule has 4 unspecified atom stereocenters. The number of aliphatic hydroxyl groups is 1. The highest BCUT2D eigenvalue weighted by molar-refractivity contribution is 7.47. The Morgan fingerprint density at radius 2 is 0.505 bits per heavy atom. The van der Waals surface area contributed by atoms with Crippen molar-refractivity contribution in [2.45, 2.75) is 401 Å². The number of carbonyl (C=O) groups is 4. The first-order valence-electron chi connectivity index (χ1n) is 39.3. The van der Waals surface area contributed by atoms with Gasteiger partial charge < -0.3 is 33.8 Å². The highest BCUT2D eigenvalue weighted by Crippen LogP contribution is 2.45. The van der Waals surface area contributed by atoms with Crippen molar-refractivity contribution in [3.63, 3.8) is 0 Å². The van der Waals surface area contributed by atoms with Crippen LogP contribution in [0.25, 0.3) is 0 Å². The predicted molar refractivity (Wildman–Crippen MR) is 386 cm³/mol. The summed E-state index contributed by atoms with van der Waals surface area (Å²) in [6.45, 7) is 14.2. The van der Waals surface area contributed by atoms with E-state index in [1.165, 1.54) is 180 Å². The second-order valence-electron chi connectivity index (χ2n) is 28.8. The fraction of sp³-hybridized carbons (Fsp3) is 0.947. The van der Waals surface area contributed by atoms with Gasteiger partial charge in [0.1, 0.15) is 19.3 Å². The Morgan fingerprint density at radius 1 is 0.295 bits per heavy atom. The Labute approximate surface area is 581 Å². The Kier molecular flexibility index (Phi) is 64.0. The third-order valence-corrected chi connectivity index (χ3v) is 20.2. The zero-order valence-electron chi connectivity index (χ0n) is 62.3. The van der Waals surface area contributed by atoms with Gasteiger partial charge in [0.2, 0.25) is 0 Å². The normalized spacial score (nSPS) is 14.7. The number of phosphoric acid groups is 2. The number of aliphatic hydroxyl groups excluding tert-OH is 1. The first-order chi connectivity index (χ1) is 45.7. The van der Waals surface area contributed by atoms with Crippen LogP contribution in [0.2, 0.25) is 0 Å². The van der Waals surface area contributed by atoms with Crippen molar-refractivity contribution in [3.8, 4) is 0 Å². The van der Waals surface area contributed by atoms with Crippen LogP contribution in [0.5, 0.6) is 0 Å². The molecule has 0 saturated heterocycles. The van der Waals surface area contributed by atoms with Gasteiger partial charge >= 0.3 is 39.5 Å². The molecule has 0 aliphatic heterocycles. The number of carbonyl (C=O) groups excluding carboxylic acids is 4. The molecule has 0 rings (SSSR count). The summed E-state index contributed by atoms with van der Waals surface area (Å²) >= 11 is 0. The van der Waals surface area contributed by atoms with Gasteiger partial charge in [-0.1, -0.05) is 331 Å². The monoisotopic (exact) mass is 1400 g/mol. The van der Waals surface area contributed by atoms with Gasteiger partial charge in [-0.3, -0.25) is 37.3 Å². The first kappa shape index (κ1) is 93.1. The Bertz CT molecular complexity index is 1870. The van der Waals surface area contributed by atoms with Gasteiger partial charge in [-0.2, -0.15) is 0 Å². The van der Waals surface area contributed by atoms with Crippen molar-refractivity contribution in [2.24, 2.45) is 23.7 Å². The molecule has 7 atom stereocenters. The van der Waals surface area contributed by atoms with Crippen LogP contribution >= 0.6 is 15.6 Å². The lowest BCUT2D eigenvalue weighted by Crippen LogP contribution is -2.30. The van der Waals surface area contributed by atoms with Crippen LogP contribution in [0.1, 0.15) is 383 Å². The van der Waals surface area contributed by atoms with Crippen LogP contribution in [0.3, 0.4) is 0 Å². The number of esters is 4. The minimum Gasteiger partial charge on any atom is -0.462 e. The molecule has 0 aromatic rings. The fourth-order valence-electron chi connectivity index (χ4n) is 11.5. The van der Waals surface area contributed by atoms with E-state index < -0.39 is 97.5 Å². The van der Waals surface area contributed by atoms with E-state index in [0.717, 1.165) is 120 Å². The van der Waals surface area contributed by atoms with Crippen LogP contribution in [-0.2, 0) is 65.4 Å². The molecule has 0 saturated carbocycles. The van der Waals surface area contributed by atoms with Crippen LogP contribution in [0.15, 0.2) is 0 Å². The van der Waals surface area contributed by atoms with Crippen LogP contribution < -0.4 is 0 Å². The minimum absolute atomic E-state index is 0.105. The van der Waals surface area contributed by atoms with Crippen molar-refractivity contribution >= 4 is 39.5 Å². The molecular weight excluding hydrogens is 1250 g/mol. The maximum absolute atomic E-state index is 13.1. The van der Waals surface area contributed by atoms with Crippen molar-refractivity contribution in [2.75, 3.05) is 39.6 Å². The molecule has 564 valence electrons. The number of rotatable bonds is 73. The fourth-order valence-corrected chi connectivity index (χ4v) is 13.1. The average Bonchev–Trinajstić information content (AvgIpc) is 3.05. The summed E-state index contributed by atoms with van der Waals surface area (Å²) in [7, 11) is -9.91. The molecule has 17 nitrogen and oxygen atoms in total. The smallest absolute Gasteiger partial charge is 0.462 e.